The van der Waals surface area contributed by atoms with Gasteiger partial charge < -0.3 is 14.3 Å². The minimum atomic E-state index is -0.731. The molecule has 0 saturated carbocycles. The summed E-state index contributed by atoms with van der Waals surface area (Å²) in [7, 11) is 0. The minimum absolute atomic E-state index is 0.0716. The van der Waals surface area contributed by atoms with Gasteiger partial charge in [-0.2, -0.15) is 0 Å². The fourth-order valence-corrected chi connectivity index (χ4v) is 1.01. The van der Waals surface area contributed by atoms with Gasteiger partial charge in [-0.05, 0) is 19.1 Å². The Hall–Kier alpha value is -1.62. The van der Waals surface area contributed by atoms with Crippen LogP contribution in [0, 0.1) is 0 Å². The van der Waals surface area contributed by atoms with E-state index in [2.05, 4.69) is 4.42 Å². The zero-order chi connectivity index (χ0) is 11.3. The minimum Gasteiger partial charge on any atom is -0.459 e. The molecule has 1 aromatic heterocycles. The zero-order valence-corrected chi connectivity index (χ0v) is 8.30. The molecule has 0 spiro atoms. The molecule has 82 valence electrons. The lowest BCUT2D eigenvalue weighted by molar-refractivity contribution is 0.0284. The summed E-state index contributed by atoms with van der Waals surface area (Å²) in [5.74, 6) is -0.731. The van der Waals surface area contributed by atoms with Crippen LogP contribution in [0.5, 0.6) is 0 Å². The van der Waals surface area contributed by atoms with Crippen LogP contribution < -0.4 is 5.63 Å². The van der Waals surface area contributed by atoms with Crippen LogP contribution in [0.25, 0.3) is 0 Å². The van der Waals surface area contributed by atoms with Gasteiger partial charge in [0.25, 0.3) is 0 Å². The number of hydrogen-bond donors (Lipinski definition) is 1. The Balaban J connectivity index is 2.70. The second-order valence-electron chi connectivity index (χ2n) is 3.04. The van der Waals surface area contributed by atoms with E-state index in [4.69, 9.17) is 9.84 Å². The number of aliphatic hydroxyl groups is 1. The highest BCUT2D eigenvalue weighted by molar-refractivity contribution is 5.88. The second-order valence-corrected chi connectivity index (χ2v) is 3.04. The lowest BCUT2D eigenvalue weighted by Gasteiger charge is -2.10. The Labute approximate surface area is 86.3 Å². The van der Waals surface area contributed by atoms with Crippen LogP contribution in [0.3, 0.4) is 0 Å². The molecule has 0 radical (unpaired) electrons. The fourth-order valence-electron chi connectivity index (χ4n) is 1.01. The number of rotatable bonds is 4. The SMILES string of the molecule is C[C@H](CCO)OC(=O)c1cccoc1=O. The number of ether oxygens (including phenoxy) is 1. The molecule has 1 N–H and O–H groups in total. The van der Waals surface area contributed by atoms with Gasteiger partial charge in [-0.25, -0.2) is 9.59 Å². The molecule has 1 aromatic rings. The van der Waals surface area contributed by atoms with Crippen LogP contribution in [-0.4, -0.2) is 23.8 Å². The summed E-state index contributed by atoms with van der Waals surface area (Å²) in [5, 5.41) is 8.60. The van der Waals surface area contributed by atoms with Gasteiger partial charge in [-0.1, -0.05) is 0 Å². The van der Waals surface area contributed by atoms with E-state index in [0.717, 1.165) is 0 Å². The summed E-state index contributed by atoms with van der Waals surface area (Å²) in [6.45, 7) is 1.57. The van der Waals surface area contributed by atoms with E-state index in [1.807, 2.05) is 0 Å². The lowest BCUT2D eigenvalue weighted by Crippen LogP contribution is -2.21. The van der Waals surface area contributed by atoms with Gasteiger partial charge in [-0.15, -0.1) is 0 Å². The number of carbonyl (C=O) groups is 1. The molecule has 0 aliphatic heterocycles. The van der Waals surface area contributed by atoms with Crippen LogP contribution in [-0.2, 0) is 4.74 Å². The maximum Gasteiger partial charge on any atom is 0.350 e. The molecule has 0 unspecified atom stereocenters. The normalized spacial score (nSPS) is 12.1. The Bertz CT molecular complexity index is 381. The van der Waals surface area contributed by atoms with Crippen LogP contribution >= 0.6 is 0 Å². The third kappa shape index (κ3) is 3.21. The van der Waals surface area contributed by atoms with Crippen molar-refractivity contribution in [2.75, 3.05) is 6.61 Å². The standard InChI is InChI=1S/C10H12O5/c1-7(4-5-11)15-10(13)8-3-2-6-14-9(8)12/h2-3,6-7,11H,4-5H2,1H3/t7-/m1/s1. The Morgan fingerprint density at radius 1 is 1.67 bits per heavy atom. The first-order valence-electron chi connectivity index (χ1n) is 4.55. The van der Waals surface area contributed by atoms with Gasteiger partial charge >= 0.3 is 11.6 Å². The lowest BCUT2D eigenvalue weighted by atomic mass is 10.3. The monoisotopic (exact) mass is 212 g/mol. The van der Waals surface area contributed by atoms with Crippen LogP contribution in [0.2, 0.25) is 0 Å². The van der Waals surface area contributed by atoms with Crippen molar-refractivity contribution in [3.8, 4) is 0 Å². The predicted molar refractivity (Wildman–Crippen MR) is 51.6 cm³/mol. The van der Waals surface area contributed by atoms with E-state index in [0.29, 0.717) is 6.42 Å². The third-order valence-electron chi connectivity index (χ3n) is 1.80. The number of carbonyl (C=O) groups excluding carboxylic acids is 1. The highest BCUT2D eigenvalue weighted by Gasteiger charge is 2.15. The van der Waals surface area contributed by atoms with Gasteiger partial charge in [0.1, 0.15) is 11.7 Å². The third-order valence-corrected chi connectivity index (χ3v) is 1.80. The summed E-state index contributed by atoms with van der Waals surface area (Å²) in [6.07, 6.45) is 1.10. The molecule has 0 saturated heterocycles. The summed E-state index contributed by atoms with van der Waals surface area (Å²) in [5.41, 5.74) is -0.860. The maximum atomic E-state index is 11.4. The first-order valence-corrected chi connectivity index (χ1v) is 4.55. The van der Waals surface area contributed by atoms with Gasteiger partial charge in [-0.3, -0.25) is 0 Å². The van der Waals surface area contributed by atoms with E-state index < -0.39 is 17.7 Å². The van der Waals surface area contributed by atoms with E-state index in [1.165, 1.54) is 18.4 Å². The summed E-state index contributed by atoms with van der Waals surface area (Å²) in [6, 6.07) is 2.77. The fraction of sp³-hybridized carbons (Fsp3) is 0.400. The molecular weight excluding hydrogens is 200 g/mol. The number of esters is 1. The van der Waals surface area contributed by atoms with Crippen LogP contribution in [0.15, 0.2) is 27.6 Å². The quantitative estimate of drug-likeness (QED) is 0.738. The summed E-state index contributed by atoms with van der Waals surface area (Å²) >= 11 is 0. The number of aliphatic hydroxyl groups excluding tert-OH is 1. The molecule has 0 aromatic carbocycles. The van der Waals surface area contributed by atoms with E-state index in [1.54, 1.807) is 6.92 Å². The highest BCUT2D eigenvalue weighted by Crippen LogP contribution is 2.02. The Morgan fingerprint density at radius 2 is 2.40 bits per heavy atom. The smallest absolute Gasteiger partial charge is 0.350 e. The second kappa shape index (κ2) is 5.31. The molecule has 5 nitrogen and oxygen atoms in total. The van der Waals surface area contributed by atoms with Crippen molar-refractivity contribution in [3.05, 3.63) is 34.4 Å². The average molecular weight is 212 g/mol. The van der Waals surface area contributed by atoms with Gasteiger partial charge in [0.2, 0.25) is 0 Å². The molecule has 0 amide bonds. The average Bonchev–Trinajstić information content (AvgIpc) is 2.18. The van der Waals surface area contributed by atoms with Gasteiger partial charge in [0, 0.05) is 13.0 Å². The van der Waals surface area contributed by atoms with E-state index in [-0.39, 0.29) is 12.2 Å². The molecule has 0 aliphatic rings. The maximum absolute atomic E-state index is 11.4. The molecule has 0 fully saturated rings. The summed E-state index contributed by atoms with van der Waals surface area (Å²) < 4.78 is 9.41. The highest BCUT2D eigenvalue weighted by atomic mass is 16.5. The molecule has 0 bridgehead atoms. The van der Waals surface area contributed by atoms with Crippen LogP contribution in [0.4, 0.5) is 0 Å². The molecule has 0 aliphatic carbocycles. The topological polar surface area (TPSA) is 76.7 Å². The molecule has 15 heavy (non-hydrogen) atoms. The van der Waals surface area contributed by atoms with Crippen molar-refractivity contribution < 1.29 is 19.1 Å². The molecular formula is C10H12O5. The first-order chi connectivity index (χ1) is 7.15. The van der Waals surface area contributed by atoms with Crippen molar-refractivity contribution in [2.24, 2.45) is 0 Å². The zero-order valence-electron chi connectivity index (χ0n) is 8.30. The first kappa shape index (κ1) is 11.5. The molecule has 1 rings (SSSR count). The van der Waals surface area contributed by atoms with Crippen molar-refractivity contribution in [2.45, 2.75) is 19.4 Å². The molecule has 1 heterocycles. The molecule has 5 heteroatoms. The summed E-state index contributed by atoms with van der Waals surface area (Å²) in [4.78, 5) is 22.5. The van der Waals surface area contributed by atoms with E-state index >= 15 is 0 Å². The van der Waals surface area contributed by atoms with Gasteiger partial charge in [0.15, 0.2) is 0 Å². The molecule has 1 atom stereocenters. The van der Waals surface area contributed by atoms with Crippen molar-refractivity contribution in [1.82, 2.24) is 0 Å². The Morgan fingerprint density at radius 3 is 3.00 bits per heavy atom. The Kier molecular flexibility index (Phi) is 4.05. The van der Waals surface area contributed by atoms with Crippen molar-refractivity contribution in [1.29, 1.82) is 0 Å². The van der Waals surface area contributed by atoms with E-state index in [9.17, 15) is 9.59 Å². The van der Waals surface area contributed by atoms with Crippen LogP contribution in [0.1, 0.15) is 23.7 Å². The van der Waals surface area contributed by atoms with Crippen molar-refractivity contribution >= 4 is 5.97 Å². The number of hydrogen-bond acceptors (Lipinski definition) is 5. The van der Waals surface area contributed by atoms with Gasteiger partial charge in [0.05, 0.1) is 6.26 Å². The van der Waals surface area contributed by atoms with Crippen molar-refractivity contribution in [3.63, 3.8) is 0 Å². The largest absolute Gasteiger partial charge is 0.459 e. The predicted octanol–water partition coefficient (Wildman–Crippen LogP) is 0.568.